The summed E-state index contributed by atoms with van der Waals surface area (Å²) in [6.45, 7) is 5.89. The van der Waals surface area contributed by atoms with Crippen molar-refractivity contribution in [3.8, 4) is 0 Å². The zero-order valence-corrected chi connectivity index (χ0v) is 11.5. The first-order chi connectivity index (χ1) is 8.65. The Kier molecular flexibility index (Phi) is 4.23. The van der Waals surface area contributed by atoms with E-state index in [1.807, 2.05) is 13.1 Å². The lowest BCUT2D eigenvalue weighted by Crippen LogP contribution is -2.32. The summed E-state index contributed by atoms with van der Waals surface area (Å²) in [4.78, 5) is 2.11. The van der Waals surface area contributed by atoms with Crippen LogP contribution in [-0.2, 0) is 6.54 Å². The van der Waals surface area contributed by atoms with Crippen LogP contribution < -0.4 is 10.2 Å². The topological polar surface area (TPSA) is 15.3 Å². The number of halogens is 1. The fourth-order valence-corrected chi connectivity index (χ4v) is 2.46. The number of nitrogens with one attached hydrogen (secondary N) is 1. The SMILES string of the molecule is CCNCc1cccc(F)c1N(C)C(C)C1CC1. The molecule has 3 heteroatoms. The Morgan fingerprint density at radius 3 is 2.78 bits per heavy atom. The first kappa shape index (κ1) is 13.3. The predicted molar refractivity (Wildman–Crippen MR) is 74.4 cm³/mol. The summed E-state index contributed by atoms with van der Waals surface area (Å²) in [7, 11) is 2.01. The average molecular weight is 250 g/mol. The number of benzene rings is 1. The van der Waals surface area contributed by atoms with E-state index in [0.29, 0.717) is 6.04 Å². The van der Waals surface area contributed by atoms with Gasteiger partial charge in [-0.1, -0.05) is 19.1 Å². The highest BCUT2D eigenvalue weighted by Gasteiger charge is 2.32. The van der Waals surface area contributed by atoms with Crippen molar-refractivity contribution >= 4 is 5.69 Å². The molecule has 0 radical (unpaired) electrons. The van der Waals surface area contributed by atoms with Gasteiger partial charge in [0.2, 0.25) is 0 Å². The predicted octanol–water partition coefficient (Wildman–Crippen LogP) is 3.17. The van der Waals surface area contributed by atoms with Gasteiger partial charge in [0.1, 0.15) is 5.82 Å². The molecule has 1 aliphatic rings. The van der Waals surface area contributed by atoms with Crippen LogP contribution in [0.4, 0.5) is 10.1 Å². The van der Waals surface area contributed by atoms with E-state index in [1.165, 1.54) is 12.8 Å². The highest BCUT2D eigenvalue weighted by atomic mass is 19.1. The number of nitrogens with zero attached hydrogens (tertiary/aromatic N) is 1. The van der Waals surface area contributed by atoms with Crippen LogP contribution in [-0.4, -0.2) is 19.6 Å². The molecule has 0 spiro atoms. The molecule has 18 heavy (non-hydrogen) atoms. The lowest BCUT2D eigenvalue weighted by Gasteiger charge is -2.29. The molecule has 1 aromatic rings. The van der Waals surface area contributed by atoms with Gasteiger partial charge >= 0.3 is 0 Å². The second kappa shape index (κ2) is 5.70. The Morgan fingerprint density at radius 2 is 2.17 bits per heavy atom. The number of anilines is 1. The van der Waals surface area contributed by atoms with E-state index in [-0.39, 0.29) is 5.82 Å². The number of para-hydroxylation sites is 1. The van der Waals surface area contributed by atoms with Crippen molar-refractivity contribution in [3.63, 3.8) is 0 Å². The van der Waals surface area contributed by atoms with Gasteiger partial charge in [0, 0.05) is 19.6 Å². The van der Waals surface area contributed by atoms with Crippen molar-refractivity contribution in [1.82, 2.24) is 5.32 Å². The number of hydrogen-bond donors (Lipinski definition) is 1. The van der Waals surface area contributed by atoms with E-state index in [2.05, 4.69) is 24.1 Å². The molecule has 1 unspecified atom stereocenters. The largest absolute Gasteiger partial charge is 0.369 e. The van der Waals surface area contributed by atoms with Crippen LogP contribution >= 0.6 is 0 Å². The average Bonchev–Trinajstić information content (AvgIpc) is 3.19. The van der Waals surface area contributed by atoms with Crippen LogP contribution in [0.5, 0.6) is 0 Å². The lowest BCUT2D eigenvalue weighted by molar-refractivity contribution is 0.571. The molecule has 1 fully saturated rings. The highest BCUT2D eigenvalue weighted by molar-refractivity contribution is 5.55. The minimum Gasteiger partial charge on any atom is -0.369 e. The highest BCUT2D eigenvalue weighted by Crippen LogP contribution is 2.37. The summed E-state index contributed by atoms with van der Waals surface area (Å²) >= 11 is 0. The third-order valence-electron chi connectivity index (χ3n) is 3.90. The Bertz CT molecular complexity index is 401. The zero-order chi connectivity index (χ0) is 13.1. The Hall–Kier alpha value is -1.09. The summed E-state index contributed by atoms with van der Waals surface area (Å²) in [5.41, 5.74) is 1.81. The molecule has 0 saturated heterocycles. The van der Waals surface area contributed by atoms with Crippen LogP contribution in [0, 0.1) is 11.7 Å². The molecule has 100 valence electrons. The van der Waals surface area contributed by atoms with E-state index < -0.39 is 0 Å². The van der Waals surface area contributed by atoms with Gasteiger partial charge in [0.15, 0.2) is 0 Å². The number of hydrogen-bond acceptors (Lipinski definition) is 2. The smallest absolute Gasteiger partial charge is 0.146 e. The third kappa shape index (κ3) is 2.83. The van der Waals surface area contributed by atoms with Crippen LogP contribution in [0.15, 0.2) is 18.2 Å². The van der Waals surface area contributed by atoms with Crippen molar-refractivity contribution in [3.05, 3.63) is 29.6 Å². The van der Waals surface area contributed by atoms with Gasteiger partial charge in [-0.05, 0) is 43.9 Å². The van der Waals surface area contributed by atoms with Gasteiger partial charge in [-0.15, -0.1) is 0 Å². The Balaban J connectivity index is 2.22. The summed E-state index contributed by atoms with van der Waals surface area (Å²) < 4.78 is 14.1. The first-order valence-corrected chi connectivity index (χ1v) is 6.86. The second-order valence-electron chi connectivity index (χ2n) is 5.22. The van der Waals surface area contributed by atoms with Gasteiger partial charge in [0.05, 0.1) is 5.69 Å². The van der Waals surface area contributed by atoms with Crippen molar-refractivity contribution in [1.29, 1.82) is 0 Å². The van der Waals surface area contributed by atoms with Gasteiger partial charge < -0.3 is 10.2 Å². The minimum atomic E-state index is -0.111. The lowest BCUT2D eigenvalue weighted by atomic mass is 10.1. The molecule has 2 nitrogen and oxygen atoms in total. The molecule has 1 atom stereocenters. The molecular formula is C15H23FN2. The number of rotatable bonds is 6. The quantitative estimate of drug-likeness (QED) is 0.834. The Morgan fingerprint density at radius 1 is 1.44 bits per heavy atom. The molecule has 1 saturated carbocycles. The normalized spacial score (nSPS) is 16.7. The maximum absolute atomic E-state index is 14.1. The van der Waals surface area contributed by atoms with E-state index >= 15 is 0 Å². The molecule has 0 heterocycles. The standard InChI is InChI=1S/C15H23FN2/c1-4-17-10-13-6-5-7-14(16)15(13)18(3)11(2)12-8-9-12/h5-7,11-12,17H,4,8-10H2,1-3H3. The summed E-state index contributed by atoms with van der Waals surface area (Å²) in [5.74, 6) is 0.627. The molecule has 0 bridgehead atoms. The fraction of sp³-hybridized carbons (Fsp3) is 0.600. The van der Waals surface area contributed by atoms with Gasteiger partial charge in [-0.3, -0.25) is 0 Å². The van der Waals surface area contributed by atoms with E-state index in [4.69, 9.17) is 0 Å². The molecule has 0 aliphatic heterocycles. The third-order valence-corrected chi connectivity index (χ3v) is 3.90. The van der Waals surface area contributed by atoms with Crippen molar-refractivity contribution in [2.45, 2.75) is 39.3 Å². The molecule has 2 rings (SSSR count). The van der Waals surface area contributed by atoms with Crippen LogP contribution in [0.25, 0.3) is 0 Å². The van der Waals surface area contributed by atoms with Crippen molar-refractivity contribution in [2.24, 2.45) is 5.92 Å². The molecule has 1 aromatic carbocycles. The maximum atomic E-state index is 14.1. The molecule has 0 amide bonds. The van der Waals surface area contributed by atoms with Gasteiger partial charge in [-0.2, -0.15) is 0 Å². The molecule has 0 aromatic heterocycles. The molecular weight excluding hydrogens is 227 g/mol. The maximum Gasteiger partial charge on any atom is 0.146 e. The van der Waals surface area contributed by atoms with E-state index in [0.717, 1.165) is 30.3 Å². The van der Waals surface area contributed by atoms with Gasteiger partial charge in [-0.25, -0.2) is 4.39 Å². The van der Waals surface area contributed by atoms with E-state index in [9.17, 15) is 4.39 Å². The molecule has 1 aliphatic carbocycles. The van der Waals surface area contributed by atoms with Crippen LogP contribution in [0.3, 0.4) is 0 Å². The van der Waals surface area contributed by atoms with E-state index in [1.54, 1.807) is 12.1 Å². The van der Waals surface area contributed by atoms with Crippen LogP contribution in [0.1, 0.15) is 32.3 Å². The van der Waals surface area contributed by atoms with Crippen LogP contribution in [0.2, 0.25) is 0 Å². The first-order valence-electron chi connectivity index (χ1n) is 6.86. The Labute approximate surface area is 109 Å². The zero-order valence-electron chi connectivity index (χ0n) is 11.5. The minimum absolute atomic E-state index is 0.111. The van der Waals surface area contributed by atoms with Crippen molar-refractivity contribution < 1.29 is 4.39 Å². The summed E-state index contributed by atoms with van der Waals surface area (Å²) in [6.07, 6.45) is 2.56. The second-order valence-corrected chi connectivity index (χ2v) is 5.22. The van der Waals surface area contributed by atoms with Crippen molar-refractivity contribution in [2.75, 3.05) is 18.5 Å². The fourth-order valence-electron chi connectivity index (χ4n) is 2.46. The summed E-state index contributed by atoms with van der Waals surface area (Å²) in [6, 6.07) is 5.78. The molecule has 1 N–H and O–H groups in total. The van der Waals surface area contributed by atoms with Gasteiger partial charge in [0.25, 0.3) is 0 Å². The monoisotopic (exact) mass is 250 g/mol. The summed E-state index contributed by atoms with van der Waals surface area (Å²) in [5, 5.41) is 3.28.